The highest BCUT2D eigenvalue weighted by molar-refractivity contribution is 5.85. The van der Waals surface area contributed by atoms with E-state index in [4.69, 9.17) is 4.74 Å². The number of hydrogen-bond donors (Lipinski definition) is 1. The number of rotatable bonds is 4. The van der Waals surface area contributed by atoms with Crippen LogP contribution in [-0.2, 0) is 14.3 Å². The van der Waals surface area contributed by atoms with Crippen molar-refractivity contribution in [1.29, 1.82) is 0 Å². The van der Waals surface area contributed by atoms with Crippen molar-refractivity contribution in [1.82, 2.24) is 15.1 Å². The lowest BCUT2D eigenvalue weighted by molar-refractivity contribution is -0.138. The fraction of sp³-hybridized carbons (Fsp3) is 0.600. The number of benzene rings is 1. The molecule has 0 spiro atoms. The van der Waals surface area contributed by atoms with Gasteiger partial charge in [-0.15, -0.1) is 0 Å². The lowest BCUT2D eigenvalue weighted by Crippen LogP contribution is -2.46. The van der Waals surface area contributed by atoms with Crippen LogP contribution in [0.3, 0.4) is 0 Å². The highest BCUT2D eigenvalue weighted by atomic mass is 16.5. The Bertz CT molecular complexity index is 651. The van der Waals surface area contributed by atoms with Crippen molar-refractivity contribution < 1.29 is 14.3 Å². The SMILES string of the molecule is O=C(CN1CCCCC1=O)N[C@@H]1C[C@H]2CO[C@@H](c3ccccc3)CN2C1. The van der Waals surface area contributed by atoms with E-state index >= 15 is 0 Å². The first-order valence-corrected chi connectivity index (χ1v) is 9.67. The molecule has 1 aromatic carbocycles. The Morgan fingerprint density at radius 1 is 1.19 bits per heavy atom. The van der Waals surface area contributed by atoms with E-state index in [9.17, 15) is 9.59 Å². The quantitative estimate of drug-likeness (QED) is 0.883. The van der Waals surface area contributed by atoms with Crippen LogP contribution >= 0.6 is 0 Å². The molecule has 3 atom stereocenters. The van der Waals surface area contributed by atoms with Crippen molar-refractivity contribution in [2.45, 2.75) is 43.9 Å². The van der Waals surface area contributed by atoms with Crippen LogP contribution in [0.2, 0.25) is 0 Å². The van der Waals surface area contributed by atoms with Gasteiger partial charge in [-0.1, -0.05) is 30.3 Å². The topological polar surface area (TPSA) is 61.9 Å². The van der Waals surface area contributed by atoms with Gasteiger partial charge in [0, 0.05) is 38.1 Å². The number of nitrogens with one attached hydrogen (secondary N) is 1. The van der Waals surface area contributed by atoms with Crippen LogP contribution in [0.15, 0.2) is 30.3 Å². The summed E-state index contributed by atoms with van der Waals surface area (Å²) < 4.78 is 6.06. The maximum atomic E-state index is 12.3. The zero-order chi connectivity index (χ0) is 17.9. The first kappa shape index (κ1) is 17.5. The summed E-state index contributed by atoms with van der Waals surface area (Å²) in [4.78, 5) is 28.3. The summed E-state index contributed by atoms with van der Waals surface area (Å²) >= 11 is 0. The highest BCUT2D eigenvalue weighted by Gasteiger charge is 2.38. The van der Waals surface area contributed by atoms with Gasteiger partial charge in [-0.3, -0.25) is 14.5 Å². The Morgan fingerprint density at radius 2 is 2.04 bits per heavy atom. The third kappa shape index (κ3) is 3.91. The number of likely N-dealkylation sites (tertiary alicyclic amines) is 1. The molecule has 2 amide bonds. The first-order chi connectivity index (χ1) is 12.7. The van der Waals surface area contributed by atoms with Crippen LogP contribution < -0.4 is 5.32 Å². The molecular formula is C20H27N3O3. The first-order valence-electron chi connectivity index (χ1n) is 9.67. The van der Waals surface area contributed by atoms with Gasteiger partial charge in [-0.25, -0.2) is 0 Å². The van der Waals surface area contributed by atoms with E-state index in [-0.39, 0.29) is 30.5 Å². The number of fused-ring (bicyclic) bond motifs is 1. The molecule has 0 bridgehead atoms. The number of carbonyl (C=O) groups excluding carboxylic acids is 2. The van der Waals surface area contributed by atoms with Crippen molar-refractivity contribution in [3.8, 4) is 0 Å². The molecule has 0 radical (unpaired) electrons. The van der Waals surface area contributed by atoms with Gasteiger partial charge < -0.3 is 15.0 Å². The number of nitrogens with zero attached hydrogens (tertiary/aromatic N) is 2. The summed E-state index contributed by atoms with van der Waals surface area (Å²) in [5, 5.41) is 3.13. The Morgan fingerprint density at radius 3 is 2.85 bits per heavy atom. The molecule has 6 heteroatoms. The van der Waals surface area contributed by atoms with Gasteiger partial charge in [-0.05, 0) is 24.8 Å². The Balaban J connectivity index is 1.28. The second kappa shape index (κ2) is 7.76. The molecular weight excluding hydrogens is 330 g/mol. The van der Waals surface area contributed by atoms with Crippen LogP contribution in [0.1, 0.15) is 37.4 Å². The second-order valence-corrected chi connectivity index (χ2v) is 7.61. The van der Waals surface area contributed by atoms with Gasteiger partial charge >= 0.3 is 0 Å². The summed E-state index contributed by atoms with van der Waals surface area (Å²) in [5.74, 6) is 0.0694. The lowest BCUT2D eigenvalue weighted by atomic mass is 10.1. The summed E-state index contributed by atoms with van der Waals surface area (Å²) in [6.07, 6.45) is 3.54. The van der Waals surface area contributed by atoms with E-state index in [0.29, 0.717) is 25.6 Å². The maximum Gasteiger partial charge on any atom is 0.239 e. The standard InChI is InChI=1S/C20H27N3O3/c24-19(13-22-9-5-4-8-20(22)25)21-16-10-17-14-26-18(12-23(17)11-16)15-6-2-1-3-7-15/h1-3,6-7,16-18H,4-5,8-14H2,(H,21,24)/t16-,17+,18-/m1/s1. The molecule has 3 fully saturated rings. The fourth-order valence-electron chi connectivity index (χ4n) is 4.32. The minimum atomic E-state index is -0.0365. The molecule has 0 unspecified atom stereocenters. The maximum absolute atomic E-state index is 12.3. The van der Waals surface area contributed by atoms with E-state index in [2.05, 4.69) is 22.3 Å². The number of carbonyl (C=O) groups is 2. The number of amides is 2. The van der Waals surface area contributed by atoms with E-state index < -0.39 is 0 Å². The molecule has 3 aliphatic rings. The Kier molecular flexibility index (Phi) is 5.22. The second-order valence-electron chi connectivity index (χ2n) is 7.61. The fourth-order valence-corrected chi connectivity index (χ4v) is 4.32. The summed E-state index contributed by atoms with van der Waals surface area (Å²) in [6.45, 7) is 3.33. The van der Waals surface area contributed by atoms with Crippen LogP contribution in [0.4, 0.5) is 0 Å². The van der Waals surface area contributed by atoms with Crippen LogP contribution in [0.25, 0.3) is 0 Å². The van der Waals surface area contributed by atoms with Gasteiger partial charge in [0.2, 0.25) is 11.8 Å². The summed E-state index contributed by atoms with van der Waals surface area (Å²) in [7, 11) is 0. The van der Waals surface area contributed by atoms with Crippen molar-refractivity contribution in [2.75, 3.05) is 32.8 Å². The number of piperidine rings is 1. The normalized spacial score (nSPS) is 29.5. The van der Waals surface area contributed by atoms with Gasteiger partial charge in [0.1, 0.15) is 0 Å². The largest absolute Gasteiger partial charge is 0.371 e. The predicted molar refractivity (Wildman–Crippen MR) is 97.5 cm³/mol. The van der Waals surface area contributed by atoms with Gasteiger partial charge in [0.05, 0.1) is 19.3 Å². The monoisotopic (exact) mass is 357 g/mol. The number of ether oxygens (including phenoxy) is 1. The third-order valence-electron chi connectivity index (χ3n) is 5.71. The number of hydrogen-bond acceptors (Lipinski definition) is 4. The molecule has 1 N–H and O–H groups in total. The molecule has 0 aromatic heterocycles. The predicted octanol–water partition coefficient (Wildman–Crippen LogP) is 1.33. The van der Waals surface area contributed by atoms with E-state index in [1.807, 2.05) is 18.2 Å². The van der Waals surface area contributed by atoms with Crippen LogP contribution in [0.5, 0.6) is 0 Å². The van der Waals surface area contributed by atoms with E-state index in [1.54, 1.807) is 4.90 Å². The smallest absolute Gasteiger partial charge is 0.239 e. The third-order valence-corrected chi connectivity index (χ3v) is 5.71. The van der Waals surface area contributed by atoms with Crippen molar-refractivity contribution in [3.05, 3.63) is 35.9 Å². The van der Waals surface area contributed by atoms with Crippen molar-refractivity contribution in [2.24, 2.45) is 0 Å². The zero-order valence-corrected chi connectivity index (χ0v) is 15.1. The molecule has 6 nitrogen and oxygen atoms in total. The van der Waals surface area contributed by atoms with Gasteiger partial charge in [-0.2, -0.15) is 0 Å². The molecule has 0 saturated carbocycles. The lowest BCUT2D eigenvalue weighted by Gasteiger charge is -2.35. The van der Waals surface area contributed by atoms with Gasteiger partial charge in [0.15, 0.2) is 0 Å². The van der Waals surface area contributed by atoms with Crippen molar-refractivity contribution in [3.63, 3.8) is 0 Å². The zero-order valence-electron chi connectivity index (χ0n) is 15.1. The minimum absolute atomic E-state index is 0.0365. The average Bonchev–Trinajstić information content (AvgIpc) is 3.05. The molecule has 3 aliphatic heterocycles. The Labute approximate surface area is 154 Å². The average molecular weight is 357 g/mol. The molecule has 3 heterocycles. The molecule has 0 aliphatic carbocycles. The summed E-state index contributed by atoms with van der Waals surface area (Å²) in [6, 6.07) is 10.8. The molecule has 26 heavy (non-hydrogen) atoms. The van der Waals surface area contributed by atoms with Crippen molar-refractivity contribution >= 4 is 11.8 Å². The number of morpholine rings is 1. The molecule has 140 valence electrons. The van der Waals surface area contributed by atoms with E-state index in [0.717, 1.165) is 32.4 Å². The Hall–Kier alpha value is -1.92. The van der Waals surface area contributed by atoms with Crippen LogP contribution in [-0.4, -0.2) is 66.5 Å². The van der Waals surface area contributed by atoms with Gasteiger partial charge in [0.25, 0.3) is 0 Å². The summed E-state index contributed by atoms with van der Waals surface area (Å²) in [5.41, 5.74) is 1.21. The highest BCUT2D eigenvalue weighted by Crippen LogP contribution is 2.30. The molecule has 3 saturated heterocycles. The molecule has 4 rings (SSSR count). The van der Waals surface area contributed by atoms with E-state index in [1.165, 1.54) is 5.56 Å². The van der Waals surface area contributed by atoms with Crippen LogP contribution in [0, 0.1) is 0 Å². The molecule has 1 aromatic rings. The minimum Gasteiger partial charge on any atom is -0.371 e.